The molecule has 1 heterocycles. The zero-order valence-corrected chi connectivity index (χ0v) is 11.6. The van der Waals surface area contributed by atoms with E-state index in [0.717, 1.165) is 32.6 Å². The van der Waals surface area contributed by atoms with Crippen LogP contribution in [0.15, 0.2) is 0 Å². The Balaban J connectivity index is 2.75. The van der Waals surface area contributed by atoms with Crippen LogP contribution in [0.25, 0.3) is 0 Å². The number of carboxylic acid groups (broad SMARTS) is 1. The summed E-state index contributed by atoms with van der Waals surface area (Å²) in [6, 6.07) is -0.481. The minimum atomic E-state index is -0.902. The van der Waals surface area contributed by atoms with Crippen LogP contribution in [0.5, 0.6) is 0 Å². The van der Waals surface area contributed by atoms with E-state index < -0.39 is 12.0 Å². The van der Waals surface area contributed by atoms with Gasteiger partial charge in [0.1, 0.15) is 0 Å². The molecule has 1 amide bonds. The first-order valence-corrected chi connectivity index (χ1v) is 6.70. The quantitative estimate of drug-likeness (QED) is 0.771. The smallest absolute Gasteiger partial charge is 0.305 e. The van der Waals surface area contributed by atoms with Crippen molar-refractivity contribution < 1.29 is 14.7 Å². The molecule has 1 rings (SSSR count). The third-order valence-corrected chi connectivity index (χ3v) is 3.16. The van der Waals surface area contributed by atoms with Crippen LogP contribution in [-0.4, -0.2) is 59.0 Å². The molecule has 1 unspecified atom stereocenters. The van der Waals surface area contributed by atoms with Gasteiger partial charge in [-0.15, -0.1) is 0 Å². The highest BCUT2D eigenvalue weighted by molar-refractivity contribution is 5.86. The fourth-order valence-electron chi connectivity index (χ4n) is 2.44. The molecule has 0 aromatic heterocycles. The summed E-state index contributed by atoms with van der Waals surface area (Å²) in [4.78, 5) is 27.0. The molecule has 0 radical (unpaired) electrons. The average molecular weight is 256 g/mol. The normalized spacial score (nSPS) is 21.7. The van der Waals surface area contributed by atoms with Crippen molar-refractivity contribution >= 4 is 11.9 Å². The SMILES string of the molecule is CCCN1CCN(CC(C)C)C(CC(=O)O)C1=O. The summed E-state index contributed by atoms with van der Waals surface area (Å²) >= 11 is 0. The molecule has 5 heteroatoms. The van der Waals surface area contributed by atoms with Crippen molar-refractivity contribution in [1.29, 1.82) is 0 Å². The lowest BCUT2D eigenvalue weighted by Crippen LogP contribution is -2.58. The van der Waals surface area contributed by atoms with Crippen LogP contribution < -0.4 is 0 Å². The van der Waals surface area contributed by atoms with Crippen LogP contribution in [0.3, 0.4) is 0 Å². The van der Waals surface area contributed by atoms with E-state index in [1.807, 2.05) is 11.8 Å². The molecule has 0 spiro atoms. The van der Waals surface area contributed by atoms with Gasteiger partial charge in [0.2, 0.25) is 5.91 Å². The number of carbonyl (C=O) groups excluding carboxylic acids is 1. The molecular weight excluding hydrogens is 232 g/mol. The van der Waals surface area contributed by atoms with Gasteiger partial charge in [0.15, 0.2) is 0 Å². The Morgan fingerprint density at radius 1 is 1.44 bits per heavy atom. The molecule has 1 N–H and O–H groups in total. The predicted octanol–water partition coefficient (Wildman–Crippen LogP) is 1.04. The highest BCUT2D eigenvalue weighted by Crippen LogP contribution is 2.16. The molecule has 0 saturated carbocycles. The second kappa shape index (κ2) is 6.73. The monoisotopic (exact) mass is 256 g/mol. The first-order chi connectivity index (χ1) is 8.45. The molecule has 1 aliphatic rings. The number of piperazine rings is 1. The van der Waals surface area contributed by atoms with Crippen molar-refractivity contribution in [2.75, 3.05) is 26.2 Å². The van der Waals surface area contributed by atoms with Crippen LogP contribution >= 0.6 is 0 Å². The van der Waals surface area contributed by atoms with Crippen molar-refractivity contribution in [2.45, 2.75) is 39.7 Å². The Morgan fingerprint density at radius 2 is 2.11 bits per heavy atom. The second-order valence-corrected chi connectivity index (χ2v) is 5.33. The van der Waals surface area contributed by atoms with Gasteiger partial charge >= 0.3 is 5.97 Å². The molecule has 1 aliphatic heterocycles. The summed E-state index contributed by atoms with van der Waals surface area (Å²) in [6.07, 6.45) is 0.821. The molecular formula is C13H24N2O3. The Bertz CT molecular complexity index is 305. The largest absolute Gasteiger partial charge is 0.481 e. The summed E-state index contributed by atoms with van der Waals surface area (Å²) in [7, 11) is 0. The van der Waals surface area contributed by atoms with Gasteiger partial charge in [0, 0.05) is 26.2 Å². The van der Waals surface area contributed by atoms with E-state index in [0.29, 0.717) is 5.92 Å². The highest BCUT2D eigenvalue weighted by Gasteiger charge is 2.35. The van der Waals surface area contributed by atoms with Crippen molar-refractivity contribution in [3.63, 3.8) is 0 Å². The molecule has 1 fully saturated rings. The number of hydrogen-bond donors (Lipinski definition) is 1. The van der Waals surface area contributed by atoms with Crippen LogP contribution in [-0.2, 0) is 9.59 Å². The van der Waals surface area contributed by atoms with Crippen molar-refractivity contribution in [3.8, 4) is 0 Å². The average Bonchev–Trinajstić information content (AvgIpc) is 2.26. The number of carbonyl (C=O) groups is 2. The van der Waals surface area contributed by atoms with E-state index >= 15 is 0 Å². The molecule has 18 heavy (non-hydrogen) atoms. The maximum atomic E-state index is 12.3. The van der Waals surface area contributed by atoms with E-state index in [1.165, 1.54) is 0 Å². The van der Waals surface area contributed by atoms with Crippen LogP contribution in [0.4, 0.5) is 0 Å². The second-order valence-electron chi connectivity index (χ2n) is 5.33. The summed E-state index contributed by atoms with van der Waals surface area (Å²) in [5.41, 5.74) is 0. The molecule has 0 aliphatic carbocycles. The van der Waals surface area contributed by atoms with Gasteiger partial charge in [0.05, 0.1) is 12.5 Å². The lowest BCUT2D eigenvalue weighted by Gasteiger charge is -2.40. The van der Waals surface area contributed by atoms with Gasteiger partial charge in [-0.25, -0.2) is 0 Å². The fourth-order valence-corrected chi connectivity index (χ4v) is 2.44. The molecule has 0 aromatic carbocycles. The highest BCUT2D eigenvalue weighted by atomic mass is 16.4. The number of rotatable bonds is 6. The summed E-state index contributed by atoms with van der Waals surface area (Å²) in [5.74, 6) is -0.488. The third-order valence-electron chi connectivity index (χ3n) is 3.16. The van der Waals surface area contributed by atoms with Crippen molar-refractivity contribution in [1.82, 2.24) is 9.80 Å². The van der Waals surface area contributed by atoms with Crippen molar-refractivity contribution in [3.05, 3.63) is 0 Å². The van der Waals surface area contributed by atoms with E-state index in [-0.39, 0.29) is 12.3 Å². The number of amides is 1. The predicted molar refractivity (Wildman–Crippen MR) is 69.3 cm³/mol. The van der Waals surface area contributed by atoms with Crippen LogP contribution in [0.1, 0.15) is 33.6 Å². The van der Waals surface area contributed by atoms with Gasteiger partial charge in [-0.05, 0) is 12.3 Å². The first-order valence-electron chi connectivity index (χ1n) is 6.70. The molecule has 104 valence electrons. The maximum absolute atomic E-state index is 12.3. The van der Waals surface area contributed by atoms with E-state index in [1.54, 1.807) is 4.90 Å². The van der Waals surface area contributed by atoms with E-state index in [2.05, 4.69) is 13.8 Å². The molecule has 0 aromatic rings. The summed E-state index contributed by atoms with van der Waals surface area (Å²) in [5, 5.41) is 8.95. The standard InChI is InChI=1S/C13H24N2O3/c1-4-5-14-6-7-15(9-10(2)3)11(13(14)18)8-12(16)17/h10-11H,4-9H2,1-3H3,(H,16,17). The molecule has 1 saturated heterocycles. The van der Waals surface area contributed by atoms with Crippen LogP contribution in [0, 0.1) is 5.92 Å². The minimum absolute atomic E-state index is 0.0221. The maximum Gasteiger partial charge on any atom is 0.305 e. The topological polar surface area (TPSA) is 60.9 Å². The summed E-state index contributed by atoms with van der Waals surface area (Å²) < 4.78 is 0. The Morgan fingerprint density at radius 3 is 2.61 bits per heavy atom. The Labute approximate surface area is 109 Å². The first kappa shape index (κ1) is 15.0. The van der Waals surface area contributed by atoms with Crippen LogP contribution in [0.2, 0.25) is 0 Å². The van der Waals surface area contributed by atoms with Gasteiger partial charge in [-0.1, -0.05) is 20.8 Å². The van der Waals surface area contributed by atoms with E-state index in [9.17, 15) is 9.59 Å². The lowest BCUT2D eigenvalue weighted by atomic mass is 10.0. The number of aliphatic carboxylic acids is 1. The summed E-state index contributed by atoms with van der Waals surface area (Å²) in [6.45, 7) is 9.20. The van der Waals surface area contributed by atoms with Gasteiger partial charge in [-0.2, -0.15) is 0 Å². The number of carboxylic acids is 1. The third kappa shape index (κ3) is 3.98. The molecule has 0 bridgehead atoms. The lowest BCUT2D eigenvalue weighted by molar-refractivity contribution is -0.149. The number of nitrogens with zero attached hydrogens (tertiary/aromatic N) is 2. The van der Waals surface area contributed by atoms with Gasteiger partial charge in [-0.3, -0.25) is 14.5 Å². The van der Waals surface area contributed by atoms with Gasteiger partial charge in [0.25, 0.3) is 0 Å². The zero-order valence-electron chi connectivity index (χ0n) is 11.6. The Hall–Kier alpha value is -1.10. The molecule has 5 nitrogen and oxygen atoms in total. The zero-order chi connectivity index (χ0) is 13.7. The Kier molecular flexibility index (Phi) is 5.59. The number of hydrogen-bond acceptors (Lipinski definition) is 3. The molecule has 1 atom stereocenters. The van der Waals surface area contributed by atoms with Crippen molar-refractivity contribution in [2.24, 2.45) is 5.92 Å². The van der Waals surface area contributed by atoms with E-state index in [4.69, 9.17) is 5.11 Å². The van der Waals surface area contributed by atoms with Gasteiger partial charge < -0.3 is 10.0 Å². The fraction of sp³-hybridized carbons (Fsp3) is 0.846. The minimum Gasteiger partial charge on any atom is -0.481 e.